The van der Waals surface area contributed by atoms with Crippen molar-refractivity contribution in [3.63, 3.8) is 0 Å². The number of ether oxygens (including phenoxy) is 1. The molecule has 2 aromatic heterocycles. The smallest absolute Gasteiger partial charge is 0.336 e. The van der Waals surface area contributed by atoms with E-state index >= 15 is 0 Å². The molecule has 2 aromatic carbocycles. The molecular weight excluding hydrogens is 452 g/mol. The monoisotopic (exact) mass is 468 g/mol. The van der Waals surface area contributed by atoms with E-state index in [9.17, 15) is 14.4 Å². The zero-order valence-electron chi connectivity index (χ0n) is 16.1. The van der Waals surface area contributed by atoms with Crippen LogP contribution < -0.4 is 11.2 Å². The lowest BCUT2D eigenvalue weighted by atomic mass is 10.1. The summed E-state index contributed by atoms with van der Waals surface area (Å²) in [6.45, 7) is -0.0490. The summed E-state index contributed by atoms with van der Waals surface area (Å²) in [5.74, 6) is 0.0576. The molecule has 0 radical (unpaired) electrons. The fourth-order valence-corrected chi connectivity index (χ4v) is 3.60. The van der Waals surface area contributed by atoms with Crippen molar-refractivity contribution in [1.29, 1.82) is 0 Å². The van der Waals surface area contributed by atoms with Gasteiger partial charge in [-0.15, -0.1) is 0 Å². The van der Waals surface area contributed by atoms with Gasteiger partial charge >= 0.3 is 11.6 Å². The lowest BCUT2D eigenvalue weighted by Gasteiger charge is -2.10. The highest BCUT2D eigenvalue weighted by molar-refractivity contribution is 9.10. The van der Waals surface area contributed by atoms with Gasteiger partial charge in [-0.2, -0.15) is 0 Å². The fourth-order valence-electron chi connectivity index (χ4n) is 3.25. The first-order chi connectivity index (χ1) is 14.4. The summed E-state index contributed by atoms with van der Waals surface area (Å²) in [7, 11) is 1.63. The van der Waals surface area contributed by atoms with E-state index in [1.54, 1.807) is 37.4 Å². The van der Waals surface area contributed by atoms with Crippen LogP contribution in [-0.2, 0) is 29.6 Å². The maximum atomic E-state index is 12.4. The second-order valence-electron chi connectivity index (χ2n) is 6.80. The predicted octanol–water partition coefficient (Wildman–Crippen LogP) is 3.48. The highest BCUT2D eigenvalue weighted by atomic mass is 79.9. The highest BCUT2D eigenvalue weighted by Crippen LogP contribution is 2.22. The Labute approximate surface area is 179 Å². The van der Waals surface area contributed by atoms with Crippen molar-refractivity contribution in [2.24, 2.45) is 7.05 Å². The van der Waals surface area contributed by atoms with E-state index in [2.05, 4.69) is 20.9 Å². The number of rotatable bonds is 5. The first-order valence-corrected chi connectivity index (χ1v) is 10.0. The lowest BCUT2D eigenvalue weighted by Crippen LogP contribution is -2.23. The summed E-state index contributed by atoms with van der Waals surface area (Å²) >= 11 is 3.33. The van der Waals surface area contributed by atoms with Gasteiger partial charge in [0, 0.05) is 35.0 Å². The van der Waals surface area contributed by atoms with E-state index in [4.69, 9.17) is 9.15 Å². The van der Waals surface area contributed by atoms with Gasteiger partial charge in [0.1, 0.15) is 18.0 Å². The molecule has 0 N–H and O–H groups in total. The molecule has 30 heavy (non-hydrogen) atoms. The number of aryl methyl sites for hydroxylation is 1. The van der Waals surface area contributed by atoms with Gasteiger partial charge in [0.15, 0.2) is 0 Å². The van der Waals surface area contributed by atoms with Gasteiger partial charge in [-0.1, -0.05) is 28.1 Å². The summed E-state index contributed by atoms with van der Waals surface area (Å²) in [6, 6.07) is 13.7. The van der Waals surface area contributed by atoms with Crippen LogP contribution in [0.1, 0.15) is 17.8 Å². The summed E-state index contributed by atoms with van der Waals surface area (Å²) in [4.78, 5) is 41.0. The van der Waals surface area contributed by atoms with Gasteiger partial charge in [0.2, 0.25) is 0 Å². The van der Waals surface area contributed by atoms with Crippen LogP contribution in [0.3, 0.4) is 0 Å². The van der Waals surface area contributed by atoms with E-state index < -0.39 is 11.6 Å². The van der Waals surface area contributed by atoms with Crippen molar-refractivity contribution in [2.75, 3.05) is 0 Å². The van der Waals surface area contributed by atoms with Gasteiger partial charge < -0.3 is 9.15 Å². The number of hydrogen-bond acceptors (Lipinski definition) is 6. The number of carbonyl (C=O) groups excluding carboxylic acids is 1. The van der Waals surface area contributed by atoms with Crippen LogP contribution in [0.5, 0.6) is 0 Å². The number of halogens is 1. The maximum absolute atomic E-state index is 12.4. The SMILES string of the molecule is Cn1c(CCC(=O)OCc2cc(=O)oc3cc(Br)ccc23)nc2ccccc2c1=O. The van der Waals surface area contributed by atoms with Gasteiger partial charge in [0.05, 0.1) is 17.3 Å². The van der Waals surface area contributed by atoms with Gasteiger partial charge in [-0.05, 0) is 30.3 Å². The molecule has 0 aliphatic heterocycles. The molecule has 0 saturated carbocycles. The third-order valence-corrected chi connectivity index (χ3v) is 5.30. The van der Waals surface area contributed by atoms with E-state index in [1.165, 1.54) is 10.6 Å². The van der Waals surface area contributed by atoms with Crippen LogP contribution in [0.2, 0.25) is 0 Å². The maximum Gasteiger partial charge on any atom is 0.336 e. The topological polar surface area (TPSA) is 91.4 Å². The van der Waals surface area contributed by atoms with Crippen molar-refractivity contribution >= 4 is 43.8 Å². The average Bonchev–Trinajstić information content (AvgIpc) is 2.73. The van der Waals surface area contributed by atoms with Crippen LogP contribution in [-0.4, -0.2) is 15.5 Å². The molecule has 0 spiro atoms. The third kappa shape index (κ3) is 4.04. The van der Waals surface area contributed by atoms with Gasteiger partial charge in [-0.25, -0.2) is 9.78 Å². The minimum atomic E-state index is -0.512. The summed E-state index contributed by atoms with van der Waals surface area (Å²) in [5.41, 5.74) is 0.911. The van der Waals surface area contributed by atoms with E-state index in [-0.39, 0.29) is 25.0 Å². The number of nitrogens with zero attached hydrogens (tertiary/aromatic N) is 2. The third-order valence-electron chi connectivity index (χ3n) is 4.81. The van der Waals surface area contributed by atoms with Crippen molar-refractivity contribution in [1.82, 2.24) is 9.55 Å². The number of fused-ring (bicyclic) bond motifs is 2. The number of hydrogen-bond donors (Lipinski definition) is 0. The first-order valence-electron chi connectivity index (χ1n) is 9.25. The molecule has 7 nitrogen and oxygen atoms in total. The molecule has 0 amide bonds. The molecule has 0 aliphatic rings. The molecule has 0 bridgehead atoms. The summed E-state index contributed by atoms with van der Waals surface area (Å²) < 4.78 is 12.8. The molecule has 4 aromatic rings. The highest BCUT2D eigenvalue weighted by Gasteiger charge is 2.12. The molecule has 0 atom stereocenters. The molecule has 2 heterocycles. The van der Waals surface area contributed by atoms with E-state index in [1.807, 2.05) is 12.1 Å². The van der Waals surface area contributed by atoms with E-state index in [0.29, 0.717) is 33.3 Å². The van der Waals surface area contributed by atoms with Gasteiger partial charge in [-0.3, -0.25) is 14.2 Å². The molecular formula is C22H17BrN2O5. The first kappa shape index (κ1) is 20.0. The Bertz CT molecular complexity index is 1390. The van der Waals surface area contributed by atoms with Crippen LogP contribution in [0.4, 0.5) is 0 Å². The van der Waals surface area contributed by atoms with Crippen molar-refractivity contribution in [3.05, 3.63) is 85.2 Å². The predicted molar refractivity (Wildman–Crippen MR) is 115 cm³/mol. The van der Waals surface area contributed by atoms with E-state index in [0.717, 1.165) is 4.47 Å². The second kappa shape index (κ2) is 8.23. The van der Waals surface area contributed by atoms with Crippen molar-refractivity contribution < 1.29 is 13.9 Å². The Morgan fingerprint density at radius 1 is 1.13 bits per heavy atom. The Morgan fingerprint density at radius 3 is 2.77 bits per heavy atom. The minimum absolute atomic E-state index is 0.0490. The van der Waals surface area contributed by atoms with Crippen molar-refractivity contribution in [3.8, 4) is 0 Å². The van der Waals surface area contributed by atoms with Crippen LogP contribution in [0.15, 0.2) is 67.0 Å². The molecule has 8 heteroatoms. The second-order valence-corrected chi connectivity index (χ2v) is 7.72. The van der Waals surface area contributed by atoms with Crippen molar-refractivity contribution in [2.45, 2.75) is 19.4 Å². The number of benzene rings is 2. The zero-order chi connectivity index (χ0) is 21.3. The quantitative estimate of drug-likeness (QED) is 0.329. The Balaban J connectivity index is 1.47. The largest absolute Gasteiger partial charge is 0.461 e. The molecule has 0 aliphatic carbocycles. The van der Waals surface area contributed by atoms with Crippen LogP contribution >= 0.6 is 15.9 Å². The molecule has 0 saturated heterocycles. The summed E-state index contributed by atoms with van der Waals surface area (Å²) in [5, 5.41) is 1.23. The normalized spacial score (nSPS) is 11.1. The average molecular weight is 469 g/mol. The Hall–Kier alpha value is -3.26. The van der Waals surface area contributed by atoms with Gasteiger partial charge in [0.25, 0.3) is 5.56 Å². The van der Waals surface area contributed by atoms with Crippen LogP contribution in [0, 0.1) is 0 Å². The van der Waals surface area contributed by atoms with Crippen LogP contribution in [0.25, 0.3) is 21.9 Å². The number of para-hydroxylation sites is 1. The fraction of sp³-hybridized carbons (Fsp3) is 0.182. The molecule has 0 unspecified atom stereocenters. The molecule has 152 valence electrons. The molecule has 0 fully saturated rings. The lowest BCUT2D eigenvalue weighted by molar-refractivity contribution is -0.144. The number of esters is 1. The zero-order valence-corrected chi connectivity index (χ0v) is 17.6. The minimum Gasteiger partial charge on any atom is -0.461 e. The number of carbonyl (C=O) groups is 1. The Morgan fingerprint density at radius 2 is 1.93 bits per heavy atom. The molecule has 4 rings (SSSR count). The number of aromatic nitrogens is 2. The Kier molecular flexibility index (Phi) is 5.50. The summed E-state index contributed by atoms with van der Waals surface area (Å²) in [6.07, 6.45) is 0.323. The standard InChI is InChI=1S/C22H17BrN2O5/c1-25-19(24-17-5-3-2-4-16(17)22(25)28)8-9-20(26)29-12-13-10-21(27)30-18-11-14(23)6-7-15(13)18/h2-7,10-11H,8-9,12H2,1H3.